The largest absolute Gasteiger partial charge is 0.349 e. The van der Waals surface area contributed by atoms with Crippen molar-refractivity contribution >= 4 is 29.9 Å². The zero-order chi connectivity index (χ0) is 15.5. The van der Waals surface area contributed by atoms with Crippen molar-refractivity contribution < 1.29 is 9.59 Å². The molecule has 3 rings (SSSR count). The molecule has 126 valence electrons. The lowest BCUT2D eigenvalue weighted by Crippen LogP contribution is -2.28. The minimum Gasteiger partial charge on any atom is -0.349 e. The van der Waals surface area contributed by atoms with Crippen LogP contribution in [0.4, 0.5) is 5.69 Å². The normalized spacial score (nSPS) is 23.0. The van der Waals surface area contributed by atoms with Gasteiger partial charge in [0.25, 0.3) is 5.91 Å². The number of benzene rings is 1. The molecule has 0 aliphatic heterocycles. The van der Waals surface area contributed by atoms with Crippen LogP contribution in [-0.4, -0.2) is 23.9 Å². The van der Waals surface area contributed by atoms with Crippen LogP contribution in [-0.2, 0) is 4.79 Å². The average Bonchev–Trinajstić information content (AvgIpc) is 3.22. The van der Waals surface area contributed by atoms with E-state index in [9.17, 15) is 9.59 Å². The van der Waals surface area contributed by atoms with E-state index in [1.54, 1.807) is 24.3 Å². The summed E-state index contributed by atoms with van der Waals surface area (Å²) in [5.74, 6) is 0.249. The Morgan fingerprint density at radius 3 is 2.35 bits per heavy atom. The van der Waals surface area contributed by atoms with Gasteiger partial charge in [-0.1, -0.05) is 6.42 Å². The lowest BCUT2D eigenvalue weighted by atomic mass is 10.00. The fourth-order valence-electron chi connectivity index (χ4n) is 2.97. The first-order valence-electron chi connectivity index (χ1n) is 8.08. The van der Waals surface area contributed by atoms with Gasteiger partial charge in [-0.3, -0.25) is 9.59 Å². The number of nitrogens with two attached hydrogens (primary N) is 1. The van der Waals surface area contributed by atoms with Gasteiger partial charge in [0.1, 0.15) is 0 Å². The van der Waals surface area contributed by atoms with Crippen LogP contribution in [0.3, 0.4) is 0 Å². The number of nitrogens with one attached hydrogen (secondary N) is 2. The van der Waals surface area contributed by atoms with E-state index in [-0.39, 0.29) is 30.3 Å². The molecular formula is C17H24ClN3O2. The first-order chi connectivity index (χ1) is 10.6. The number of carbonyl (C=O) groups is 2. The predicted octanol–water partition coefficient (Wildman–Crippen LogP) is 2.46. The Morgan fingerprint density at radius 1 is 1.09 bits per heavy atom. The SMILES string of the molecule is Cl.N[C@@H]1CCC[C@H]1CC(=O)Nc1ccc(C(=O)NC2CC2)cc1. The molecule has 0 spiro atoms. The van der Waals surface area contributed by atoms with Crippen LogP contribution >= 0.6 is 12.4 Å². The summed E-state index contributed by atoms with van der Waals surface area (Å²) in [6.45, 7) is 0. The van der Waals surface area contributed by atoms with Crippen LogP contribution in [0.1, 0.15) is 48.9 Å². The molecular weight excluding hydrogens is 314 g/mol. The number of anilines is 1. The van der Waals surface area contributed by atoms with Crippen LogP contribution in [0.5, 0.6) is 0 Å². The van der Waals surface area contributed by atoms with E-state index in [4.69, 9.17) is 5.73 Å². The number of hydrogen-bond donors (Lipinski definition) is 3. The van der Waals surface area contributed by atoms with Crippen molar-refractivity contribution in [2.24, 2.45) is 11.7 Å². The van der Waals surface area contributed by atoms with Gasteiger partial charge in [0, 0.05) is 29.8 Å². The Labute approximate surface area is 142 Å². The van der Waals surface area contributed by atoms with Gasteiger partial charge in [-0.15, -0.1) is 12.4 Å². The smallest absolute Gasteiger partial charge is 0.251 e. The molecule has 2 atom stereocenters. The van der Waals surface area contributed by atoms with Crippen molar-refractivity contribution in [3.8, 4) is 0 Å². The van der Waals surface area contributed by atoms with E-state index in [2.05, 4.69) is 10.6 Å². The maximum Gasteiger partial charge on any atom is 0.251 e. The fourth-order valence-corrected chi connectivity index (χ4v) is 2.97. The van der Waals surface area contributed by atoms with Gasteiger partial charge in [0.15, 0.2) is 0 Å². The Balaban J connectivity index is 0.00000192. The van der Waals surface area contributed by atoms with Gasteiger partial charge < -0.3 is 16.4 Å². The summed E-state index contributed by atoms with van der Waals surface area (Å²) in [4.78, 5) is 23.9. The second-order valence-corrected chi connectivity index (χ2v) is 6.43. The number of halogens is 1. The Morgan fingerprint density at radius 2 is 1.78 bits per heavy atom. The summed E-state index contributed by atoms with van der Waals surface area (Å²) in [6.07, 6.45) is 5.79. The standard InChI is InChI=1S/C17H23N3O2.ClH/c18-15-3-1-2-12(15)10-16(21)19-13-6-4-11(5-7-13)17(22)20-14-8-9-14;/h4-7,12,14-15H,1-3,8-10,18H2,(H,19,21)(H,20,22);1H/t12-,15+;/m0./s1. The topological polar surface area (TPSA) is 84.2 Å². The molecule has 2 aliphatic carbocycles. The van der Waals surface area contributed by atoms with Crippen LogP contribution in [0, 0.1) is 5.92 Å². The van der Waals surface area contributed by atoms with Gasteiger partial charge in [-0.25, -0.2) is 0 Å². The molecule has 4 N–H and O–H groups in total. The van der Waals surface area contributed by atoms with Gasteiger partial charge in [-0.05, 0) is 55.9 Å². The van der Waals surface area contributed by atoms with Gasteiger partial charge in [-0.2, -0.15) is 0 Å². The number of rotatable bonds is 5. The molecule has 1 aromatic carbocycles. The molecule has 2 saturated carbocycles. The molecule has 0 saturated heterocycles. The summed E-state index contributed by atoms with van der Waals surface area (Å²) in [7, 11) is 0. The molecule has 23 heavy (non-hydrogen) atoms. The number of amides is 2. The highest BCUT2D eigenvalue weighted by atomic mass is 35.5. The van der Waals surface area contributed by atoms with E-state index in [0.717, 1.165) is 37.8 Å². The van der Waals surface area contributed by atoms with Crippen molar-refractivity contribution in [3.05, 3.63) is 29.8 Å². The van der Waals surface area contributed by atoms with Crippen molar-refractivity contribution in [2.75, 3.05) is 5.32 Å². The highest BCUT2D eigenvalue weighted by Gasteiger charge is 2.26. The average molecular weight is 338 g/mol. The summed E-state index contributed by atoms with van der Waals surface area (Å²) < 4.78 is 0. The monoisotopic (exact) mass is 337 g/mol. The second-order valence-electron chi connectivity index (χ2n) is 6.43. The van der Waals surface area contributed by atoms with E-state index in [0.29, 0.717) is 23.9 Å². The molecule has 0 aromatic heterocycles. The zero-order valence-corrected chi connectivity index (χ0v) is 13.9. The first-order valence-corrected chi connectivity index (χ1v) is 8.08. The van der Waals surface area contributed by atoms with Crippen molar-refractivity contribution in [3.63, 3.8) is 0 Å². The minimum absolute atomic E-state index is 0. The zero-order valence-electron chi connectivity index (χ0n) is 13.1. The Hall–Kier alpha value is -1.59. The third-order valence-corrected chi connectivity index (χ3v) is 4.51. The Kier molecular flexibility index (Phi) is 6.02. The Bertz CT molecular complexity index is 557. The molecule has 0 heterocycles. The van der Waals surface area contributed by atoms with Crippen molar-refractivity contribution in [2.45, 2.75) is 50.6 Å². The number of hydrogen-bond acceptors (Lipinski definition) is 3. The first kappa shape index (κ1) is 17.8. The summed E-state index contributed by atoms with van der Waals surface area (Å²) in [6, 6.07) is 7.54. The van der Waals surface area contributed by atoms with E-state index in [1.807, 2.05) is 0 Å². The summed E-state index contributed by atoms with van der Waals surface area (Å²) in [5, 5.41) is 5.83. The molecule has 0 unspecified atom stereocenters. The second kappa shape index (κ2) is 7.79. The quantitative estimate of drug-likeness (QED) is 0.771. The predicted molar refractivity (Wildman–Crippen MR) is 92.7 cm³/mol. The molecule has 0 bridgehead atoms. The molecule has 1 aromatic rings. The van der Waals surface area contributed by atoms with Gasteiger partial charge in [0.05, 0.1) is 0 Å². The highest BCUT2D eigenvalue weighted by molar-refractivity contribution is 5.96. The molecule has 0 radical (unpaired) electrons. The van der Waals surface area contributed by atoms with E-state index >= 15 is 0 Å². The third kappa shape index (κ3) is 4.94. The van der Waals surface area contributed by atoms with Crippen LogP contribution in [0.25, 0.3) is 0 Å². The molecule has 5 nitrogen and oxygen atoms in total. The fraction of sp³-hybridized carbons (Fsp3) is 0.529. The van der Waals surface area contributed by atoms with E-state index < -0.39 is 0 Å². The molecule has 2 amide bonds. The highest BCUT2D eigenvalue weighted by Crippen LogP contribution is 2.27. The van der Waals surface area contributed by atoms with Crippen LogP contribution in [0.15, 0.2) is 24.3 Å². The number of carbonyl (C=O) groups excluding carboxylic acids is 2. The maximum absolute atomic E-state index is 12.0. The molecule has 6 heteroatoms. The van der Waals surface area contributed by atoms with Crippen LogP contribution < -0.4 is 16.4 Å². The lowest BCUT2D eigenvalue weighted by molar-refractivity contribution is -0.117. The summed E-state index contributed by atoms with van der Waals surface area (Å²) in [5.41, 5.74) is 7.34. The van der Waals surface area contributed by atoms with Crippen molar-refractivity contribution in [1.29, 1.82) is 0 Å². The minimum atomic E-state index is -0.0442. The maximum atomic E-state index is 12.0. The van der Waals surface area contributed by atoms with Gasteiger partial charge >= 0.3 is 0 Å². The summed E-state index contributed by atoms with van der Waals surface area (Å²) >= 11 is 0. The van der Waals surface area contributed by atoms with E-state index in [1.165, 1.54) is 0 Å². The molecule has 2 aliphatic rings. The van der Waals surface area contributed by atoms with Gasteiger partial charge in [0.2, 0.25) is 5.91 Å². The molecule has 2 fully saturated rings. The third-order valence-electron chi connectivity index (χ3n) is 4.51. The van der Waals surface area contributed by atoms with Crippen molar-refractivity contribution in [1.82, 2.24) is 5.32 Å². The lowest BCUT2D eigenvalue weighted by Gasteiger charge is -2.14. The van der Waals surface area contributed by atoms with Crippen LogP contribution in [0.2, 0.25) is 0 Å².